The van der Waals surface area contributed by atoms with Crippen molar-refractivity contribution in [3.63, 3.8) is 0 Å². The van der Waals surface area contributed by atoms with Gasteiger partial charge in [0.05, 0.1) is 6.10 Å². The lowest BCUT2D eigenvalue weighted by Gasteiger charge is -2.18. The van der Waals surface area contributed by atoms with Crippen molar-refractivity contribution in [1.29, 1.82) is 0 Å². The maximum Gasteiger partial charge on any atom is 0.140 e. The molecule has 66 valence electrons. The lowest BCUT2D eigenvalue weighted by Crippen LogP contribution is -2.24. The number of hydrogen-bond donors (Lipinski definition) is 1. The number of Topliss-reactive ketones (excluding diaryl/α,β-unsaturated/α-hetero) is 1. The number of carbonyl (C=O) groups is 1. The summed E-state index contributed by atoms with van der Waals surface area (Å²) in [6.45, 7) is 7.49. The molecule has 0 aromatic carbocycles. The summed E-state index contributed by atoms with van der Waals surface area (Å²) >= 11 is 0. The molecule has 2 heteroatoms. The largest absolute Gasteiger partial charge is 0.393 e. The highest BCUT2D eigenvalue weighted by Gasteiger charge is 2.22. The first-order valence-electron chi connectivity index (χ1n) is 4.09. The molecule has 0 saturated carbocycles. The molecular weight excluding hydrogens is 140 g/mol. The molecule has 0 bridgehead atoms. The predicted octanol–water partition coefficient (Wildman–Crippen LogP) is 1.76. The Morgan fingerprint density at radius 3 is 2.18 bits per heavy atom. The zero-order valence-electron chi connectivity index (χ0n) is 7.85. The van der Waals surface area contributed by atoms with Crippen LogP contribution in [0, 0.1) is 5.41 Å². The van der Waals surface area contributed by atoms with Gasteiger partial charge in [0.1, 0.15) is 5.78 Å². The van der Waals surface area contributed by atoms with E-state index in [1.165, 1.54) is 0 Å². The SMILES string of the molecule is CC[C@@H](O)CC(=O)C(C)(C)C. The summed E-state index contributed by atoms with van der Waals surface area (Å²) in [7, 11) is 0. The molecule has 0 fully saturated rings. The summed E-state index contributed by atoms with van der Waals surface area (Å²) in [5.74, 6) is 0.131. The Kier molecular flexibility index (Phi) is 3.73. The van der Waals surface area contributed by atoms with Gasteiger partial charge in [0, 0.05) is 11.8 Å². The van der Waals surface area contributed by atoms with E-state index in [0.717, 1.165) is 0 Å². The van der Waals surface area contributed by atoms with Crippen molar-refractivity contribution in [1.82, 2.24) is 0 Å². The fourth-order valence-corrected chi connectivity index (χ4v) is 0.665. The second-order valence-electron chi connectivity index (χ2n) is 3.94. The molecule has 0 saturated heterocycles. The maximum atomic E-state index is 11.3. The molecule has 11 heavy (non-hydrogen) atoms. The summed E-state index contributed by atoms with van der Waals surface area (Å²) in [6, 6.07) is 0. The standard InChI is InChI=1S/C9H18O2/c1-5-7(10)6-8(11)9(2,3)4/h7,10H,5-6H2,1-4H3/t7-/m1/s1. The Morgan fingerprint density at radius 1 is 1.45 bits per heavy atom. The molecule has 0 amide bonds. The van der Waals surface area contributed by atoms with Crippen LogP contribution in [0.1, 0.15) is 40.5 Å². The fraction of sp³-hybridized carbons (Fsp3) is 0.889. The molecule has 0 spiro atoms. The van der Waals surface area contributed by atoms with E-state index in [2.05, 4.69) is 0 Å². The molecule has 1 N–H and O–H groups in total. The minimum Gasteiger partial charge on any atom is -0.393 e. The van der Waals surface area contributed by atoms with Crippen LogP contribution in [0.15, 0.2) is 0 Å². The third kappa shape index (κ3) is 4.14. The van der Waals surface area contributed by atoms with Crippen LogP contribution >= 0.6 is 0 Å². The summed E-state index contributed by atoms with van der Waals surface area (Å²) in [4.78, 5) is 11.3. The first kappa shape index (κ1) is 10.6. The molecule has 0 aromatic rings. The van der Waals surface area contributed by atoms with E-state index in [0.29, 0.717) is 12.8 Å². The molecule has 2 nitrogen and oxygen atoms in total. The average molecular weight is 158 g/mol. The van der Waals surface area contributed by atoms with Gasteiger partial charge in [0.2, 0.25) is 0 Å². The quantitative estimate of drug-likeness (QED) is 0.679. The minimum absolute atomic E-state index is 0.131. The molecule has 0 unspecified atom stereocenters. The smallest absolute Gasteiger partial charge is 0.140 e. The van der Waals surface area contributed by atoms with Gasteiger partial charge in [0.25, 0.3) is 0 Å². The van der Waals surface area contributed by atoms with Crippen molar-refractivity contribution in [3.05, 3.63) is 0 Å². The van der Waals surface area contributed by atoms with E-state index in [1.54, 1.807) is 0 Å². The molecular formula is C9H18O2. The van der Waals surface area contributed by atoms with Gasteiger partial charge in [0.15, 0.2) is 0 Å². The number of aliphatic hydroxyl groups is 1. The van der Waals surface area contributed by atoms with Crippen LogP contribution in [0.3, 0.4) is 0 Å². The normalized spacial score (nSPS) is 14.6. The van der Waals surface area contributed by atoms with E-state index < -0.39 is 6.10 Å². The van der Waals surface area contributed by atoms with Crippen molar-refractivity contribution in [3.8, 4) is 0 Å². The van der Waals surface area contributed by atoms with Gasteiger partial charge in [-0.1, -0.05) is 27.7 Å². The van der Waals surface area contributed by atoms with Crippen molar-refractivity contribution < 1.29 is 9.90 Å². The highest BCUT2D eigenvalue weighted by molar-refractivity contribution is 5.83. The van der Waals surface area contributed by atoms with Crippen molar-refractivity contribution in [2.24, 2.45) is 5.41 Å². The first-order valence-corrected chi connectivity index (χ1v) is 4.09. The Labute approximate surface area is 68.6 Å². The van der Waals surface area contributed by atoms with Crippen LogP contribution in [-0.4, -0.2) is 17.0 Å². The molecule has 0 rings (SSSR count). The fourth-order valence-electron chi connectivity index (χ4n) is 0.665. The third-order valence-corrected chi connectivity index (χ3v) is 1.73. The predicted molar refractivity (Wildman–Crippen MR) is 45.4 cm³/mol. The second-order valence-corrected chi connectivity index (χ2v) is 3.94. The van der Waals surface area contributed by atoms with Crippen molar-refractivity contribution in [2.45, 2.75) is 46.6 Å². The summed E-state index contributed by atoms with van der Waals surface area (Å²) in [5, 5.41) is 9.17. The Balaban J connectivity index is 3.88. The lowest BCUT2D eigenvalue weighted by atomic mass is 9.87. The zero-order valence-corrected chi connectivity index (χ0v) is 7.85. The van der Waals surface area contributed by atoms with E-state index in [-0.39, 0.29) is 11.2 Å². The first-order chi connectivity index (χ1) is 4.88. The van der Waals surface area contributed by atoms with E-state index in [1.807, 2.05) is 27.7 Å². The van der Waals surface area contributed by atoms with Crippen LogP contribution in [0.2, 0.25) is 0 Å². The molecule has 0 aliphatic carbocycles. The Hall–Kier alpha value is -0.370. The van der Waals surface area contributed by atoms with E-state index in [4.69, 9.17) is 0 Å². The molecule has 1 atom stereocenters. The number of aliphatic hydroxyl groups excluding tert-OH is 1. The average Bonchev–Trinajstić information content (AvgIpc) is 1.85. The molecule has 0 aliphatic rings. The number of hydrogen-bond acceptors (Lipinski definition) is 2. The molecule has 0 radical (unpaired) electrons. The van der Waals surface area contributed by atoms with Crippen molar-refractivity contribution >= 4 is 5.78 Å². The van der Waals surface area contributed by atoms with Crippen LogP contribution in [0.25, 0.3) is 0 Å². The third-order valence-electron chi connectivity index (χ3n) is 1.73. The van der Waals surface area contributed by atoms with Crippen LogP contribution in [-0.2, 0) is 4.79 Å². The summed E-state index contributed by atoms with van der Waals surface area (Å²) in [6.07, 6.45) is 0.490. The second kappa shape index (κ2) is 3.86. The van der Waals surface area contributed by atoms with E-state index >= 15 is 0 Å². The van der Waals surface area contributed by atoms with Gasteiger partial charge in [-0.3, -0.25) is 4.79 Å². The van der Waals surface area contributed by atoms with Crippen LogP contribution in [0.4, 0.5) is 0 Å². The molecule has 0 heterocycles. The van der Waals surface area contributed by atoms with Gasteiger partial charge in [-0.25, -0.2) is 0 Å². The topological polar surface area (TPSA) is 37.3 Å². The van der Waals surface area contributed by atoms with Gasteiger partial charge in [-0.15, -0.1) is 0 Å². The van der Waals surface area contributed by atoms with Gasteiger partial charge < -0.3 is 5.11 Å². The Bertz CT molecular complexity index is 133. The van der Waals surface area contributed by atoms with Gasteiger partial charge in [-0.2, -0.15) is 0 Å². The van der Waals surface area contributed by atoms with Gasteiger partial charge in [-0.05, 0) is 6.42 Å². The minimum atomic E-state index is -0.457. The highest BCUT2D eigenvalue weighted by atomic mass is 16.3. The van der Waals surface area contributed by atoms with Crippen LogP contribution < -0.4 is 0 Å². The maximum absolute atomic E-state index is 11.3. The highest BCUT2D eigenvalue weighted by Crippen LogP contribution is 2.18. The number of rotatable bonds is 3. The molecule has 0 aromatic heterocycles. The summed E-state index contributed by atoms with van der Waals surface area (Å²) < 4.78 is 0. The summed E-state index contributed by atoms with van der Waals surface area (Å²) in [5.41, 5.74) is -0.309. The van der Waals surface area contributed by atoms with Crippen LogP contribution in [0.5, 0.6) is 0 Å². The van der Waals surface area contributed by atoms with Gasteiger partial charge >= 0.3 is 0 Å². The Morgan fingerprint density at radius 2 is 1.91 bits per heavy atom. The lowest BCUT2D eigenvalue weighted by molar-refractivity contribution is -0.128. The van der Waals surface area contributed by atoms with E-state index in [9.17, 15) is 9.90 Å². The zero-order chi connectivity index (χ0) is 9.07. The molecule has 0 aliphatic heterocycles. The number of ketones is 1. The number of carbonyl (C=O) groups excluding carboxylic acids is 1. The monoisotopic (exact) mass is 158 g/mol. The van der Waals surface area contributed by atoms with Crippen molar-refractivity contribution in [2.75, 3.05) is 0 Å².